The first-order valence-corrected chi connectivity index (χ1v) is 8.86. The summed E-state index contributed by atoms with van der Waals surface area (Å²) in [4.78, 5) is 13.1. The number of amides is 1. The fourth-order valence-corrected chi connectivity index (χ4v) is 2.93. The summed E-state index contributed by atoms with van der Waals surface area (Å²) in [5.74, 6) is 0.496. The van der Waals surface area contributed by atoms with E-state index in [9.17, 15) is 13.2 Å². The molecule has 0 fully saturated rings. The topological polar surface area (TPSA) is 84.9 Å². The predicted octanol–water partition coefficient (Wildman–Crippen LogP) is 0.858. The number of carbonyl (C=O) groups excluding carboxylic acids is 1. The second-order valence-electron chi connectivity index (χ2n) is 4.80. The summed E-state index contributed by atoms with van der Waals surface area (Å²) >= 11 is 0. The number of methoxy groups -OCH3 is 1. The first-order valence-electron chi connectivity index (χ1n) is 7.37. The number of sulfonamides is 1. The summed E-state index contributed by atoms with van der Waals surface area (Å²) < 4.78 is 37.1. The van der Waals surface area contributed by atoms with Crippen LogP contribution in [0.5, 0.6) is 5.75 Å². The van der Waals surface area contributed by atoms with Crippen LogP contribution in [0.2, 0.25) is 0 Å². The van der Waals surface area contributed by atoms with Gasteiger partial charge in [0, 0.05) is 33.7 Å². The van der Waals surface area contributed by atoms with E-state index < -0.39 is 10.0 Å². The lowest BCUT2D eigenvalue weighted by molar-refractivity contribution is -0.129. The van der Waals surface area contributed by atoms with Gasteiger partial charge in [-0.25, -0.2) is 13.1 Å². The van der Waals surface area contributed by atoms with Crippen molar-refractivity contribution < 1.29 is 22.7 Å². The Labute approximate surface area is 137 Å². The summed E-state index contributed by atoms with van der Waals surface area (Å²) in [5, 5.41) is 0. The van der Waals surface area contributed by atoms with Gasteiger partial charge in [-0.1, -0.05) is 0 Å². The molecule has 0 aliphatic heterocycles. The molecule has 0 bridgehead atoms. The van der Waals surface area contributed by atoms with Gasteiger partial charge in [-0.2, -0.15) is 0 Å². The van der Waals surface area contributed by atoms with Gasteiger partial charge in [0.1, 0.15) is 5.75 Å². The molecule has 0 saturated carbocycles. The lowest BCUT2D eigenvalue weighted by Crippen LogP contribution is -2.39. The normalized spacial score (nSPS) is 11.3. The zero-order chi connectivity index (χ0) is 17.3. The molecule has 1 N–H and O–H groups in total. The Kier molecular flexibility index (Phi) is 8.01. The SMILES string of the molecule is CCOc1ccc(S(=O)(=O)NCCN(CCOC)C(C)=O)cc1. The maximum atomic E-state index is 12.2. The number of hydrogen-bond acceptors (Lipinski definition) is 5. The highest BCUT2D eigenvalue weighted by Crippen LogP contribution is 2.15. The number of ether oxygens (including phenoxy) is 2. The molecule has 0 unspecified atom stereocenters. The average Bonchev–Trinajstić information content (AvgIpc) is 2.51. The van der Waals surface area contributed by atoms with Gasteiger partial charge in [0.25, 0.3) is 0 Å². The van der Waals surface area contributed by atoms with E-state index in [2.05, 4.69) is 4.72 Å². The third kappa shape index (κ3) is 6.55. The standard InChI is InChI=1S/C15H24N2O5S/c1-4-22-14-5-7-15(8-6-14)23(19,20)16-9-10-17(13(2)18)11-12-21-3/h5-8,16H,4,9-12H2,1-3H3. The van der Waals surface area contributed by atoms with E-state index in [1.807, 2.05) is 6.92 Å². The van der Waals surface area contributed by atoms with Gasteiger partial charge in [-0.3, -0.25) is 4.79 Å². The van der Waals surface area contributed by atoms with Crippen LogP contribution in [-0.4, -0.2) is 59.2 Å². The van der Waals surface area contributed by atoms with Crippen LogP contribution < -0.4 is 9.46 Å². The van der Waals surface area contributed by atoms with E-state index in [0.29, 0.717) is 25.5 Å². The number of rotatable bonds is 10. The second kappa shape index (κ2) is 9.49. The molecule has 0 aromatic heterocycles. The number of benzene rings is 1. The Bertz CT molecular complexity index is 586. The van der Waals surface area contributed by atoms with E-state index in [0.717, 1.165) is 0 Å². The van der Waals surface area contributed by atoms with Gasteiger partial charge in [0.15, 0.2) is 0 Å². The first-order chi connectivity index (χ1) is 10.9. The van der Waals surface area contributed by atoms with Crippen molar-refractivity contribution >= 4 is 15.9 Å². The lowest BCUT2D eigenvalue weighted by Gasteiger charge is -2.20. The van der Waals surface area contributed by atoms with Crippen LogP contribution >= 0.6 is 0 Å². The summed E-state index contributed by atoms with van der Waals surface area (Å²) in [7, 11) is -2.06. The maximum absolute atomic E-state index is 12.2. The molecule has 23 heavy (non-hydrogen) atoms. The van der Waals surface area contributed by atoms with E-state index in [1.54, 1.807) is 19.2 Å². The van der Waals surface area contributed by atoms with E-state index >= 15 is 0 Å². The summed E-state index contributed by atoms with van der Waals surface area (Å²) in [6.45, 7) is 5.08. The molecule has 0 aliphatic carbocycles. The van der Waals surface area contributed by atoms with Crippen LogP contribution in [0.4, 0.5) is 0 Å². The Hall–Kier alpha value is -1.64. The zero-order valence-corrected chi connectivity index (χ0v) is 14.6. The molecule has 130 valence electrons. The summed E-state index contributed by atoms with van der Waals surface area (Å²) in [5.41, 5.74) is 0. The molecule has 7 nitrogen and oxygen atoms in total. The first kappa shape index (κ1) is 19.4. The number of nitrogens with zero attached hydrogens (tertiary/aromatic N) is 1. The molecular weight excluding hydrogens is 320 g/mol. The third-order valence-corrected chi connectivity index (χ3v) is 4.61. The Morgan fingerprint density at radius 3 is 2.39 bits per heavy atom. The third-order valence-electron chi connectivity index (χ3n) is 3.13. The zero-order valence-electron chi connectivity index (χ0n) is 13.7. The van der Waals surface area contributed by atoms with Gasteiger partial charge in [-0.15, -0.1) is 0 Å². The summed E-state index contributed by atoms with van der Waals surface area (Å²) in [6.07, 6.45) is 0. The van der Waals surface area contributed by atoms with Crippen LogP contribution in [-0.2, 0) is 19.6 Å². The van der Waals surface area contributed by atoms with Crippen molar-refractivity contribution in [3.05, 3.63) is 24.3 Å². The molecule has 0 radical (unpaired) electrons. The largest absolute Gasteiger partial charge is 0.494 e. The second-order valence-corrected chi connectivity index (χ2v) is 6.57. The molecule has 1 aromatic carbocycles. The summed E-state index contributed by atoms with van der Waals surface area (Å²) in [6, 6.07) is 6.19. The fourth-order valence-electron chi connectivity index (χ4n) is 1.91. The minimum Gasteiger partial charge on any atom is -0.494 e. The van der Waals surface area contributed by atoms with Crippen molar-refractivity contribution in [2.24, 2.45) is 0 Å². The van der Waals surface area contributed by atoms with Crippen LogP contribution in [0.15, 0.2) is 29.2 Å². The van der Waals surface area contributed by atoms with E-state index in [1.165, 1.54) is 24.0 Å². The molecule has 0 heterocycles. The molecule has 0 aliphatic rings. The van der Waals surface area contributed by atoms with Crippen LogP contribution in [0, 0.1) is 0 Å². The predicted molar refractivity (Wildman–Crippen MR) is 86.9 cm³/mol. The lowest BCUT2D eigenvalue weighted by atomic mass is 10.3. The maximum Gasteiger partial charge on any atom is 0.240 e. The van der Waals surface area contributed by atoms with Crippen molar-refractivity contribution in [2.45, 2.75) is 18.7 Å². The fraction of sp³-hybridized carbons (Fsp3) is 0.533. The van der Waals surface area contributed by atoms with Gasteiger partial charge >= 0.3 is 0 Å². The highest BCUT2D eigenvalue weighted by Gasteiger charge is 2.15. The smallest absolute Gasteiger partial charge is 0.240 e. The van der Waals surface area contributed by atoms with Crippen LogP contribution in [0.3, 0.4) is 0 Å². The molecule has 1 amide bonds. The minimum absolute atomic E-state index is 0.123. The van der Waals surface area contributed by atoms with Crippen molar-refractivity contribution in [3.63, 3.8) is 0 Å². The molecule has 0 spiro atoms. The van der Waals surface area contributed by atoms with Crippen molar-refractivity contribution in [1.29, 1.82) is 0 Å². The molecule has 0 atom stereocenters. The average molecular weight is 344 g/mol. The number of carbonyl (C=O) groups is 1. The Morgan fingerprint density at radius 1 is 1.22 bits per heavy atom. The molecule has 1 aromatic rings. The van der Waals surface area contributed by atoms with Gasteiger partial charge in [0.2, 0.25) is 15.9 Å². The molecule has 8 heteroatoms. The number of hydrogen-bond donors (Lipinski definition) is 1. The highest BCUT2D eigenvalue weighted by atomic mass is 32.2. The van der Waals surface area contributed by atoms with E-state index in [4.69, 9.17) is 9.47 Å². The number of nitrogens with one attached hydrogen (secondary N) is 1. The Balaban J connectivity index is 2.59. The van der Waals surface area contributed by atoms with Gasteiger partial charge in [-0.05, 0) is 31.2 Å². The minimum atomic E-state index is -3.61. The highest BCUT2D eigenvalue weighted by molar-refractivity contribution is 7.89. The van der Waals surface area contributed by atoms with Crippen molar-refractivity contribution in [3.8, 4) is 5.75 Å². The molecule has 0 saturated heterocycles. The van der Waals surface area contributed by atoms with Crippen molar-refractivity contribution in [2.75, 3.05) is 40.0 Å². The van der Waals surface area contributed by atoms with Crippen molar-refractivity contribution in [1.82, 2.24) is 9.62 Å². The molecular formula is C15H24N2O5S. The van der Waals surface area contributed by atoms with E-state index in [-0.39, 0.29) is 23.9 Å². The Morgan fingerprint density at radius 2 is 1.87 bits per heavy atom. The van der Waals surface area contributed by atoms with Gasteiger partial charge < -0.3 is 14.4 Å². The quantitative estimate of drug-likeness (QED) is 0.680. The van der Waals surface area contributed by atoms with Gasteiger partial charge in [0.05, 0.1) is 18.1 Å². The van der Waals surface area contributed by atoms with Crippen LogP contribution in [0.1, 0.15) is 13.8 Å². The monoisotopic (exact) mass is 344 g/mol. The van der Waals surface area contributed by atoms with Crippen LogP contribution in [0.25, 0.3) is 0 Å². The molecule has 1 rings (SSSR count).